The molecule has 1 heterocycles. The summed E-state index contributed by atoms with van der Waals surface area (Å²) in [5, 5.41) is 9.61. The minimum Gasteiger partial charge on any atom is -0.431 e. The van der Waals surface area contributed by atoms with E-state index in [1.54, 1.807) is 6.92 Å². The Bertz CT molecular complexity index is 531. The van der Waals surface area contributed by atoms with Crippen molar-refractivity contribution >= 4 is 6.16 Å². The van der Waals surface area contributed by atoms with Gasteiger partial charge < -0.3 is 19.3 Å². The minimum absolute atomic E-state index is 0.150. The molecule has 3 atom stereocenters. The third-order valence-electron chi connectivity index (χ3n) is 3.14. The number of ether oxygens (including phenoxy) is 3. The van der Waals surface area contributed by atoms with Crippen LogP contribution in [0.3, 0.4) is 0 Å². The van der Waals surface area contributed by atoms with Gasteiger partial charge in [-0.1, -0.05) is 6.07 Å². The molecule has 0 bridgehead atoms. The molecule has 8 heteroatoms. The van der Waals surface area contributed by atoms with Crippen molar-refractivity contribution in [3.05, 3.63) is 29.8 Å². The second kappa shape index (κ2) is 6.53. The third-order valence-corrected chi connectivity index (χ3v) is 3.14. The molecule has 5 nitrogen and oxygen atoms in total. The van der Waals surface area contributed by atoms with E-state index >= 15 is 0 Å². The largest absolute Gasteiger partial charge is 0.513 e. The number of aliphatic hydroxyl groups excluding tert-OH is 1. The van der Waals surface area contributed by atoms with E-state index in [4.69, 9.17) is 9.47 Å². The lowest BCUT2D eigenvalue weighted by Crippen LogP contribution is -2.28. The Kier molecular flexibility index (Phi) is 4.92. The molecule has 0 radical (unpaired) electrons. The van der Waals surface area contributed by atoms with Crippen LogP contribution in [0, 0.1) is 0 Å². The van der Waals surface area contributed by atoms with Gasteiger partial charge in [0.15, 0.2) is 0 Å². The Labute approximate surface area is 124 Å². The van der Waals surface area contributed by atoms with Crippen molar-refractivity contribution in [2.75, 3.05) is 6.61 Å². The molecule has 1 N–H and O–H groups in total. The highest BCUT2D eigenvalue weighted by atomic mass is 19.4. The monoisotopic (exact) mass is 320 g/mol. The average Bonchev–Trinajstić information content (AvgIpc) is 2.74. The van der Waals surface area contributed by atoms with E-state index in [1.165, 1.54) is 6.07 Å². The first-order valence-corrected chi connectivity index (χ1v) is 6.61. The van der Waals surface area contributed by atoms with Crippen LogP contribution in [-0.2, 0) is 15.7 Å². The number of aliphatic hydroxyl groups is 1. The number of carbonyl (C=O) groups is 1. The molecule has 1 saturated heterocycles. The normalized spacial score (nSPS) is 25.0. The van der Waals surface area contributed by atoms with Gasteiger partial charge >= 0.3 is 12.3 Å². The summed E-state index contributed by atoms with van der Waals surface area (Å²) < 4.78 is 52.3. The third kappa shape index (κ3) is 4.35. The Morgan fingerprint density at radius 2 is 2.18 bits per heavy atom. The van der Waals surface area contributed by atoms with E-state index < -0.39 is 30.1 Å². The summed E-state index contributed by atoms with van der Waals surface area (Å²) in [6, 6.07) is 3.89. The summed E-state index contributed by atoms with van der Waals surface area (Å²) in [6.45, 7) is 1.54. The number of rotatable bonds is 3. The van der Waals surface area contributed by atoms with Crippen LogP contribution >= 0.6 is 0 Å². The zero-order valence-electron chi connectivity index (χ0n) is 11.7. The van der Waals surface area contributed by atoms with Gasteiger partial charge in [-0.2, -0.15) is 13.2 Å². The zero-order valence-corrected chi connectivity index (χ0v) is 11.7. The first-order valence-electron chi connectivity index (χ1n) is 6.61. The smallest absolute Gasteiger partial charge is 0.431 e. The number of carbonyl (C=O) groups excluding carboxylic acids is 1. The second-order valence-corrected chi connectivity index (χ2v) is 4.98. The highest BCUT2D eigenvalue weighted by Gasteiger charge is 2.33. The number of alkyl halides is 3. The summed E-state index contributed by atoms with van der Waals surface area (Å²) in [6.07, 6.45) is -6.82. The van der Waals surface area contributed by atoms with Crippen molar-refractivity contribution < 1.29 is 37.3 Å². The van der Waals surface area contributed by atoms with Gasteiger partial charge in [0.05, 0.1) is 17.8 Å². The van der Waals surface area contributed by atoms with Crippen LogP contribution in [0.1, 0.15) is 18.9 Å². The van der Waals surface area contributed by atoms with Crippen molar-refractivity contribution in [1.82, 2.24) is 0 Å². The second-order valence-electron chi connectivity index (χ2n) is 4.98. The van der Waals surface area contributed by atoms with E-state index in [0.29, 0.717) is 12.5 Å². The molecule has 22 heavy (non-hydrogen) atoms. The molecule has 2 rings (SSSR count). The maximum absolute atomic E-state index is 12.5. The molecule has 0 aromatic heterocycles. The Morgan fingerprint density at radius 1 is 1.45 bits per heavy atom. The SMILES string of the molecule is C[C@H]1CC(O)[C@@H](COC(=O)Oc2cccc(C(F)(F)F)c2)O1. The molecule has 122 valence electrons. The fraction of sp³-hybridized carbons (Fsp3) is 0.500. The fourth-order valence-corrected chi connectivity index (χ4v) is 2.10. The number of halogens is 3. The summed E-state index contributed by atoms with van der Waals surface area (Å²) in [5.74, 6) is -0.277. The van der Waals surface area contributed by atoms with Gasteiger partial charge in [-0.3, -0.25) is 0 Å². The lowest BCUT2D eigenvalue weighted by molar-refractivity contribution is -0.137. The lowest BCUT2D eigenvalue weighted by atomic mass is 10.1. The van der Waals surface area contributed by atoms with Crippen molar-refractivity contribution in [2.24, 2.45) is 0 Å². The predicted molar refractivity (Wildman–Crippen MR) is 68.4 cm³/mol. The summed E-state index contributed by atoms with van der Waals surface area (Å²) in [4.78, 5) is 11.5. The first-order chi connectivity index (χ1) is 10.3. The molecule has 0 amide bonds. The number of hydrogen-bond donors (Lipinski definition) is 1. The molecule has 1 aromatic carbocycles. The van der Waals surface area contributed by atoms with Gasteiger partial charge in [-0.05, 0) is 25.1 Å². The van der Waals surface area contributed by atoms with Gasteiger partial charge in [0, 0.05) is 6.42 Å². The van der Waals surface area contributed by atoms with E-state index in [2.05, 4.69) is 4.74 Å². The molecule has 1 unspecified atom stereocenters. The molecule has 0 aliphatic carbocycles. The zero-order chi connectivity index (χ0) is 16.3. The van der Waals surface area contributed by atoms with Crippen molar-refractivity contribution in [2.45, 2.75) is 37.8 Å². The molecule has 0 saturated carbocycles. The van der Waals surface area contributed by atoms with Gasteiger partial charge in [0.25, 0.3) is 0 Å². The van der Waals surface area contributed by atoms with E-state index in [-0.39, 0.29) is 18.5 Å². The van der Waals surface area contributed by atoms with Crippen molar-refractivity contribution in [3.8, 4) is 5.75 Å². The number of hydrogen-bond acceptors (Lipinski definition) is 5. The maximum Gasteiger partial charge on any atom is 0.513 e. The maximum atomic E-state index is 12.5. The Balaban J connectivity index is 1.87. The summed E-state index contributed by atoms with van der Waals surface area (Å²) in [5.41, 5.74) is -0.929. The van der Waals surface area contributed by atoms with E-state index in [9.17, 15) is 23.1 Å². The van der Waals surface area contributed by atoms with Crippen molar-refractivity contribution in [3.63, 3.8) is 0 Å². The van der Waals surface area contributed by atoms with Crippen molar-refractivity contribution in [1.29, 1.82) is 0 Å². The van der Waals surface area contributed by atoms with Crippen LogP contribution in [-0.4, -0.2) is 36.2 Å². The Hall–Kier alpha value is -1.80. The molecular formula is C14H15F3O5. The minimum atomic E-state index is -4.53. The van der Waals surface area contributed by atoms with Crippen LogP contribution in [0.4, 0.5) is 18.0 Å². The molecule has 1 fully saturated rings. The van der Waals surface area contributed by atoms with Gasteiger partial charge in [-0.25, -0.2) is 4.79 Å². The fourth-order valence-electron chi connectivity index (χ4n) is 2.10. The highest BCUT2D eigenvalue weighted by molar-refractivity contribution is 5.63. The molecular weight excluding hydrogens is 305 g/mol. The quantitative estimate of drug-likeness (QED) is 0.685. The van der Waals surface area contributed by atoms with Crippen LogP contribution in [0.25, 0.3) is 0 Å². The van der Waals surface area contributed by atoms with Crippen LogP contribution in [0.15, 0.2) is 24.3 Å². The van der Waals surface area contributed by atoms with Gasteiger partial charge in [0.2, 0.25) is 0 Å². The van der Waals surface area contributed by atoms with E-state index in [1.807, 2.05) is 0 Å². The first kappa shape index (κ1) is 16.6. The molecule has 1 aliphatic rings. The summed E-state index contributed by atoms with van der Waals surface area (Å²) in [7, 11) is 0. The molecule has 1 aromatic rings. The molecule has 0 spiro atoms. The molecule has 1 aliphatic heterocycles. The van der Waals surface area contributed by atoms with Gasteiger partial charge in [0.1, 0.15) is 18.5 Å². The van der Waals surface area contributed by atoms with Crippen LogP contribution in [0.5, 0.6) is 5.75 Å². The van der Waals surface area contributed by atoms with Gasteiger partial charge in [-0.15, -0.1) is 0 Å². The van der Waals surface area contributed by atoms with Crippen LogP contribution < -0.4 is 4.74 Å². The number of benzene rings is 1. The lowest BCUT2D eigenvalue weighted by Gasteiger charge is -2.14. The Morgan fingerprint density at radius 3 is 2.77 bits per heavy atom. The standard InChI is InChI=1S/C14H15F3O5/c1-8-5-11(18)12(21-8)7-20-13(19)22-10-4-2-3-9(6-10)14(15,16)17/h2-4,6,8,11-12,18H,5,7H2,1H3/t8-,11?,12+/m0/s1. The van der Waals surface area contributed by atoms with Crippen LogP contribution in [0.2, 0.25) is 0 Å². The van der Waals surface area contributed by atoms with E-state index in [0.717, 1.165) is 12.1 Å². The highest BCUT2D eigenvalue weighted by Crippen LogP contribution is 2.31. The predicted octanol–water partition coefficient (Wildman–Crippen LogP) is 2.76. The topological polar surface area (TPSA) is 65.0 Å². The average molecular weight is 320 g/mol. The summed E-state index contributed by atoms with van der Waals surface area (Å²) >= 11 is 0.